The molecule has 0 radical (unpaired) electrons. The summed E-state index contributed by atoms with van der Waals surface area (Å²) in [6.07, 6.45) is 1.49. The van der Waals surface area contributed by atoms with Crippen molar-refractivity contribution in [3.05, 3.63) is 34.9 Å². The number of benzene rings is 1. The Balaban J connectivity index is 1.82. The Bertz CT molecular complexity index is 732. The topological polar surface area (TPSA) is 70.4 Å². The number of piperidine rings is 1. The number of carbonyl (C=O) groups is 2. The third-order valence-corrected chi connectivity index (χ3v) is 4.89. The third-order valence-electron chi connectivity index (χ3n) is 4.89. The number of fused-ring (bicyclic) bond motifs is 2. The molecule has 1 heterocycles. The molecule has 2 aliphatic rings. The van der Waals surface area contributed by atoms with Gasteiger partial charge >= 0.3 is 6.09 Å². The van der Waals surface area contributed by atoms with Crippen molar-refractivity contribution in [2.24, 2.45) is 0 Å². The van der Waals surface area contributed by atoms with E-state index in [1.54, 1.807) is 17.0 Å². The number of amides is 1. The molecule has 1 aliphatic carbocycles. The number of ketones is 1. The normalized spacial score (nSPS) is 19.1. The average molecular weight is 326 g/mol. The Hall–Kier alpha value is -2.35. The Morgan fingerprint density at radius 1 is 1.29 bits per heavy atom. The summed E-state index contributed by atoms with van der Waals surface area (Å²) in [5, 5.41) is 9.42. The molecule has 5 nitrogen and oxygen atoms in total. The maximum Gasteiger partial charge on any atom is 0.410 e. The first kappa shape index (κ1) is 16.5. The van der Waals surface area contributed by atoms with Crippen molar-refractivity contribution in [1.82, 2.24) is 4.90 Å². The smallest absolute Gasteiger partial charge is 0.410 e. The van der Waals surface area contributed by atoms with Crippen LogP contribution in [0.3, 0.4) is 0 Å². The van der Waals surface area contributed by atoms with E-state index < -0.39 is 5.60 Å². The van der Waals surface area contributed by atoms with E-state index in [9.17, 15) is 14.9 Å². The lowest BCUT2D eigenvalue weighted by molar-refractivity contribution is 0.0165. The highest BCUT2D eigenvalue weighted by atomic mass is 16.6. The van der Waals surface area contributed by atoms with Crippen LogP contribution in [-0.4, -0.2) is 35.5 Å². The van der Waals surface area contributed by atoms with Crippen LogP contribution >= 0.6 is 0 Å². The second-order valence-electron chi connectivity index (χ2n) is 7.69. The molecule has 1 amide bonds. The number of hydrogen-bond donors (Lipinski definition) is 0. The first-order valence-corrected chi connectivity index (χ1v) is 8.30. The zero-order valence-corrected chi connectivity index (χ0v) is 14.4. The van der Waals surface area contributed by atoms with Crippen LogP contribution in [-0.2, 0) is 10.2 Å². The number of likely N-dealkylation sites (tertiary alicyclic amines) is 1. The predicted octanol–water partition coefficient (Wildman–Crippen LogP) is 3.41. The Morgan fingerprint density at radius 2 is 1.96 bits per heavy atom. The van der Waals surface area contributed by atoms with Gasteiger partial charge in [0.15, 0.2) is 5.78 Å². The lowest BCUT2D eigenvalue weighted by Crippen LogP contribution is -2.46. The van der Waals surface area contributed by atoms with E-state index in [-0.39, 0.29) is 17.3 Å². The minimum absolute atomic E-state index is 0.104. The van der Waals surface area contributed by atoms with Gasteiger partial charge in [0, 0.05) is 30.5 Å². The summed E-state index contributed by atoms with van der Waals surface area (Å²) in [6.45, 7) is 6.63. The highest BCUT2D eigenvalue weighted by Crippen LogP contribution is 2.47. The number of nitriles is 1. The Kier molecular flexibility index (Phi) is 3.87. The fourth-order valence-electron chi connectivity index (χ4n) is 3.81. The maximum atomic E-state index is 12.4. The summed E-state index contributed by atoms with van der Waals surface area (Å²) >= 11 is 0. The van der Waals surface area contributed by atoms with Crippen LogP contribution in [0.5, 0.6) is 0 Å². The summed E-state index contributed by atoms with van der Waals surface area (Å²) in [4.78, 5) is 26.3. The minimum atomic E-state index is -0.518. The van der Waals surface area contributed by atoms with E-state index in [2.05, 4.69) is 6.07 Å². The van der Waals surface area contributed by atoms with Crippen molar-refractivity contribution in [1.29, 1.82) is 5.26 Å². The van der Waals surface area contributed by atoms with Gasteiger partial charge in [-0.05, 0) is 45.2 Å². The number of ether oxygens (including phenoxy) is 1. The van der Waals surface area contributed by atoms with Crippen LogP contribution in [0.25, 0.3) is 0 Å². The van der Waals surface area contributed by atoms with Crippen molar-refractivity contribution in [3.63, 3.8) is 0 Å². The molecule has 3 rings (SSSR count). The molecule has 0 aromatic heterocycles. The van der Waals surface area contributed by atoms with Gasteiger partial charge in [-0.25, -0.2) is 4.79 Å². The fraction of sp³-hybridized carbons (Fsp3) is 0.526. The average Bonchev–Trinajstić information content (AvgIpc) is 2.79. The molecule has 0 N–H and O–H groups in total. The molecule has 1 aromatic rings. The molecule has 1 fully saturated rings. The molecule has 0 saturated carbocycles. The maximum absolute atomic E-state index is 12.4. The largest absolute Gasteiger partial charge is 0.444 e. The summed E-state index contributed by atoms with van der Waals surface area (Å²) in [7, 11) is 0. The molecule has 1 spiro atoms. The lowest BCUT2D eigenvalue weighted by Gasteiger charge is -2.40. The van der Waals surface area contributed by atoms with Crippen LogP contribution in [0.4, 0.5) is 4.79 Å². The molecule has 126 valence electrons. The van der Waals surface area contributed by atoms with E-state index in [0.717, 1.165) is 5.56 Å². The van der Waals surface area contributed by atoms with Gasteiger partial charge in [-0.15, -0.1) is 0 Å². The minimum Gasteiger partial charge on any atom is -0.444 e. The molecule has 1 aromatic carbocycles. The lowest BCUT2D eigenvalue weighted by atomic mass is 9.72. The highest BCUT2D eigenvalue weighted by molar-refractivity contribution is 6.03. The number of Topliss-reactive ketones (excluding diaryl/α,β-unsaturated/α-hetero) is 1. The zero-order chi connectivity index (χ0) is 17.5. The van der Waals surface area contributed by atoms with E-state index in [1.165, 1.54) is 0 Å². The standard InChI is InChI=1S/C19H22N2O3/c1-18(2,3)24-17(23)21-9-7-19(8-10-21)11-15(22)14-6-4-5-13(12-20)16(14)19/h4-6H,7-11H2,1-3H3. The van der Waals surface area contributed by atoms with Gasteiger partial charge in [0.1, 0.15) is 5.60 Å². The molecule has 0 unspecified atom stereocenters. The first-order chi connectivity index (χ1) is 11.3. The van der Waals surface area contributed by atoms with E-state index in [4.69, 9.17) is 4.74 Å². The van der Waals surface area contributed by atoms with Gasteiger partial charge in [0.25, 0.3) is 0 Å². The fourth-order valence-corrected chi connectivity index (χ4v) is 3.81. The zero-order valence-electron chi connectivity index (χ0n) is 14.4. The number of nitrogens with zero attached hydrogens (tertiary/aromatic N) is 2. The quantitative estimate of drug-likeness (QED) is 0.732. The summed E-state index contributed by atoms with van der Waals surface area (Å²) in [5.74, 6) is 0.104. The summed E-state index contributed by atoms with van der Waals surface area (Å²) in [6, 6.07) is 7.59. The molecule has 5 heteroatoms. The predicted molar refractivity (Wildman–Crippen MR) is 88.8 cm³/mol. The second kappa shape index (κ2) is 5.62. The van der Waals surface area contributed by atoms with Gasteiger partial charge in [0.05, 0.1) is 11.6 Å². The van der Waals surface area contributed by atoms with Crippen LogP contribution in [0, 0.1) is 11.3 Å². The third kappa shape index (κ3) is 2.77. The molecule has 24 heavy (non-hydrogen) atoms. The highest BCUT2D eigenvalue weighted by Gasteiger charge is 2.47. The van der Waals surface area contributed by atoms with Crippen molar-refractivity contribution < 1.29 is 14.3 Å². The second-order valence-corrected chi connectivity index (χ2v) is 7.69. The van der Waals surface area contributed by atoms with Crippen LogP contribution < -0.4 is 0 Å². The van der Waals surface area contributed by atoms with Crippen molar-refractivity contribution >= 4 is 11.9 Å². The monoisotopic (exact) mass is 326 g/mol. The van der Waals surface area contributed by atoms with Crippen LogP contribution in [0.1, 0.15) is 61.5 Å². The van der Waals surface area contributed by atoms with E-state index in [0.29, 0.717) is 43.5 Å². The molecular weight excluding hydrogens is 304 g/mol. The number of hydrogen-bond acceptors (Lipinski definition) is 4. The first-order valence-electron chi connectivity index (χ1n) is 8.30. The van der Waals surface area contributed by atoms with Crippen molar-refractivity contribution in [2.45, 2.75) is 51.0 Å². The number of rotatable bonds is 0. The molecule has 1 saturated heterocycles. The molecular formula is C19H22N2O3. The Labute approximate surface area is 142 Å². The van der Waals surface area contributed by atoms with Gasteiger partial charge in [-0.3, -0.25) is 4.79 Å². The van der Waals surface area contributed by atoms with Gasteiger partial charge in [-0.2, -0.15) is 5.26 Å². The van der Waals surface area contributed by atoms with Crippen molar-refractivity contribution in [2.75, 3.05) is 13.1 Å². The molecule has 1 aliphatic heterocycles. The van der Waals surface area contributed by atoms with Gasteiger partial charge in [-0.1, -0.05) is 12.1 Å². The van der Waals surface area contributed by atoms with Gasteiger partial charge < -0.3 is 9.64 Å². The van der Waals surface area contributed by atoms with E-state index in [1.807, 2.05) is 26.8 Å². The van der Waals surface area contributed by atoms with E-state index >= 15 is 0 Å². The van der Waals surface area contributed by atoms with Gasteiger partial charge in [0.2, 0.25) is 0 Å². The summed E-state index contributed by atoms with van der Waals surface area (Å²) in [5.41, 5.74) is 1.33. The number of carbonyl (C=O) groups excluding carboxylic acids is 2. The van der Waals surface area contributed by atoms with Crippen LogP contribution in [0.2, 0.25) is 0 Å². The SMILES string of the molecule is CC(C)(C)OC(=O)N1CCC2(CC1)CC(=O)c1cccc(C#N)c12. The molecule has 0 bridgehead atoms. The summed E-state index contributed by atoms with van der Waals surface area (Å²) < 4.78 is 5.43. The van der Waals surface area contributed by atoms with Crippen molar-refractivity contribution in [3.8, 4) is 6.07 Å². The Morgan fingerprint density at radius 3 is 2.54 bits per heavy atom. The van der Waals surface area contributed by atoms with Crippen LogP contribution in [0.15, 0.2) is 18.2 Å². The molecule has 0 atom stereocenters.